The predicted molar refractivity (Wildman–Crippen MR) is 216 cm³/mol. The average Bonchev–Trinajstić information content (AvgIpc) is 3.50. The molecule has 0 bridgehead atoms. The second kappa shape index (κ2) is 17.1. The lowest BCUT2D eigenvalue weighted by Gasteiger charge is -2.36. The summed E-state index contributed by atoms with van der Waals surface area (Å²) in [6.07, 6.45) is -1.17. The van der Waals surface area contributed by atoms with Gasteiger partial charge >= 0.3 is 12.2 Å². The van der Waals surface area contributed by atoms with E-state index in [1.54, 1.807) is 39.6 Å². The largest absolute Gasteiger partial charge is 0.449 e. The first-order valence-corrected chi connectivity index (χ1v) is 19.2. The Morgan fingerprint density at radius 3 is 1.65 bits per heavy atom. The second-order valence-corrected chi connectivity index (χ2v) is 15.5. The zero-order valence-corrected chi connectivity index (χ0v) is 32.0. The molecule has 0 radical (unpaired) electrons. The standard InChI is InChI=1S/C45H47N3O5S/c1-44(2,3)53-43(51)48(4)29-28-46-41(49)40(47-42(50)52-30-39-37-26-16-14-24-35(37)36-25-15-17-27-38(36)39)31-54-45(32-18-8-5-9-19-32,33-20-10-6-11-21-33)34-22-12-7-13-23-34/h5-27,39-40H,28-31H2,1-4H3,(H,46,49)(H,47,50)/t40-/m0/s1. The number of thioether (sulfide) groups is 1. The molecule has 0 fully saturated rings. The van der Waals surface area contributed by atoms with Crippen molar-refractivity contribution < 1.29 is 23.9 Å². The van der Waals surface area contributed by atoms with Crippen LogP contribution in [0.25, 0.3) is 11.1 Å². The van der Waals surface area contributed by atoms with Gasteiger partial charge < -0.3 is 25.0 Å². The van der Waals surface area contributed by atoms with Gasteiger partial charge in [-0.2, -0.15) is 0 Å². The van der Waals surface area contributed by atoms with E-state index in [0.29, 0.717) is 0 Å². The number of benzene rings is 5. The molecule has 54 heavy (non-hydrogen) atoms. The minimum atomic E-state index is -0.979. The Morgan fingerprint density at radius 2 is 1.17 bits per heavy atom. The first-order valence-electron chi connectivity index (χ1n) is 18.2. The monoisotopic (exact) mass is 741 g/mol. The number of ether oxygens (including phenoxy) is 2. The maximum atomic E-state index is 14.0. The van der Waals surface area contributed by atoms with Gasteiger partial charge in [0.05, 0.1) is 4.75 Å². The highest BCUT2D eigenvalue weighted by Crippen LogP contribution is 2.49. The molecule has 9 heteroatoms. The van der Waals surface area contributed by atoms with Crippen LogP contribution >= 0.6 is 11.8 Å². The molecule has 1 atom stereocenters. The minimum absolute atomic E-state index is 0.115. The number of carbonyl (C=O) groups excluding carboxylic acids is 3. The van der Waals surface area contributed by atoms with E-state index in [-0.39, 0.29) is 31.4 Å². The molecular formula is C45H47N3O5S. The van der Waals surface area contributed by atoms with Gasteiger partial charge in [0.15, 0.2) is 0 Å². The first kappa shape index (κ1) is 38.2. The summed E-state index contributed by atoms with van der Waals surface area (Å²) in [5, 5.41) is 5.85. The Morgan fingerprint density at radius 1 is 0.704 bits per heavy atom. The molecule has 0 saturated carbocycles. The van der Waals surface area contributed by atoms with Crippen LogP contribution in [0, 0.1) is 0 Å². The van der Waals surface area contributed by atoms with E-state index in [9.17, 15) is 14.4 Å². The van der Waals surface area contributed by atoms with Crippen LogP contribution in [0.15, 0.2) is 140 Å². The van der Waals surface area contributed by atoms with Crippen molar-refractivity contribution in [1.29, 1.82) is 0 Å². The van der Waals surface area contributed by atoms with E-state index < -0.39 is 34.5 Å². The lowest BCUT2D eigenvalue weighted by Crippen LogP contribution is -2.50. The van der Waals surface area contributed by atoms with Gasteiger partial charge in [0.2, 0.25) is 5.91 Å². The van der Waals surface area contributed by atoms with Crippen LogP contribution in [-0.2, 0) is 19.0 Å². The van der Waals surface area contributed by atoms with Gasteiger partial charge in [-0.1, -0.05) is 140 Å². The first-order chi connectivity index (χ1) is 26.1. The van der Waals surface area contributed by atoms with Crippen LogP contribution in [0.2, 0.25) is 0 Å². The fraction of sp³-hybridized carbons (Fsp3) is 0.267. The number of nitrogens with one attached hydrogen (secondary N) is 2. The number of rotatable bonds is 13. The van der Waals surface area contributed by atoms with Crippen LogP contribution < -0.4 is 10.6 Å². The third-order valence-corrected chi connectivity index (χ3v) is 11.1. The quantitative estimate of drug-likeness (QED) is 0.117. The number of alkyl carbamates (subject to hydrolysis) is 1. The average molecular weight is 742 g/mol. The topological polar surface area (TPSA) is 97.0 Å². The lowest BCUT2D eigenvalue weighted by molar-refractivity contribution is -0.122. The Hall–Kier alpha value is -5.54. The molecule has 0 aromatic heterocycles. The lowest BCUT2D eigenvalue weighted by atomic mass is 9.84. The SMILES string of the molecule is CN(CCNC(=O)[C@H](CSC(c1ccccc1)(c1ccccc1)c1ccccc1)NC(=O)OCC1c2ccccc2-c2ccccc21)C(=O)OC(C)(C)C. The van der Waals surface area contributed by atoms with Crippen molar-refractivity contribution in [3.8, 4) is 11.1 Å². The van der Waals surface area contributed by atoms with E-state index >= 15 is 0 Å². The summed E-state index contributed by atoms with van der Waals surface area (Å²) >= 11 is 1.57. The molecule has 0 heterocycles. The summed E-state index contributed by atoms with van der Waals surface area (Å²) in [7, 11) is 1.62. The molecule has 5 aromatic rings. The summed E-state index contributed by atoms with van der Waals surface area (Å²) in [5.41, 5.74) is 6.92. The van der Waals surface area contributed by atoms with Crippen molar-refractivity contribution in [3.63, 3.8) is 0 Å². The van der Waals surface area contributed by atoms with Gasteiger partial charge in [-0.3, -0.25) is 4.79 Å². The maximum absolute atomic E-state index is 14.0. The van der Waals surface area contributed by atoms with E-state index in [4.69, 9.17) is 9.47 Å². The minimum Gasteiger partial charge on any atom is -0.449 e. The maximum Gasteiger partial charge on any atom is 0.410 e. The fourth-order valence-electron chi connectivity index (χ4n) is 6.84. The highest BCUT2D eigenvalue weighted by atomic mass is 32.2. The third-order valence-electron chi connectivity index (χ3n) is 9.41. The normalized spacial score (nSPS) is 12.9. The van der Waals surface area contributed by atoms with Crippen molar-refractivity contribution in [2.75, 3.05) is 32.5 Å². The Bertz CT molecular complexity index is 1890. The third kappa shape index (κ3) is 8.80. The molecule has 0 unspecified atom stereocenters. The number of carbonyl (C=O) groups is 3. The van der Waals surface area contributed by atoms with Crippen molar-refractivity contribution in [1.82, 2.24) is 15.5 Å². The van der Waals surface area contributed by atoms with Gasteiger partial charge in [0.1, 0.15) is 18.2 Å². The number of likely N-dealkylation sites (N-methyl/N-ethyl adjacent to an activating group) is 1. The van der Waals surface area contributed by atoms with E-state index in [1.165, 1.54) is 4.90 Å². The van der Waals surface area contributed by atoms with Crippen molar-refractivity contribution in [3.05, 3.63) is 167 Å². The van der Waals surface area contributed by atoms with Crippen molar-refractivity contribution >= 4 is 29.9 Å². The number of hydrogen-bond donors (Lipinski definition) is 2. The number of hydrogen-bond acceptors (Lipinski definition) is 6. The Balaban J connectivity index is 1.25. The molecule has 0 spiro atoms. The van der Waals surface area contributed by atoms with Gasteiger partial charge in [0, 0.05) is 31.8 Å². The highest BCUT2D eigenvalue weighted by molar-refractivity contribution is 8.00. The fourth-order valence-corrected chi connectivity index (χ4v) is 8.40. The molecule has 8 nitrogen and oxygen atoms in total. The molecule has 5 aromatic carbocycles. The van der Waals surface area contributed by atoms with E-state index in [2.05, 4.69) is 71.3 Å². The Kier molecular flexibility index (Phi) is 12.1. The predicted octanol–water partition coefficient (Wildman–Crippen LogP) is 8.60. The summed E-state index contributed by atoms with van der Waals surface area (Å²) in [6.45, 7) is 5.90. The van der Waals surface area contributed by atoms with Gasteiger partial charge in [-0.25, -0.2) is 9.59 Å². The Labute approximate surface area is 322 Å². The zero-order valence-electron chi connectivity index (χ0n) is 31.2. The van der Waals surface area contributed by atoms with Crippen LogP contribution in [0.3, 0.4) is 0 Å². The van der Waals surface area contributed by atoms with Gasteiger partial charge in [-0.05, 0) is 59.7 Å². The molecule has 3 amide bonds. The van der Waals surface area contributed by atoms with Gasteiger partial charge in [-0.15, -0.1) is 11.8 Å². The summed E-state index contributed by atoms with van der Waals surface area (Å²) in [5.74, 6) is -0.317. The van der Waals surface area contributed by atoms with Crippen molar-refractivity contribution in [2.24, 2.45) is 0 Å². The van der Waals surface area contributed by atoms with Crippen LogP contribution in [0.5, 0.6) is 0 Å². The molecule has 2 N–H and O–H groups in total. The summed E-state index contributed by atoms with van der Waals surface area (Å²) in [4.78, 5) is 41.7. The van der Waals surface area contributed by atoms with Gasteiger partial charge in [0.25, 0.3) is 0 Å². The molecule has 0 aliphatic heterocycles. The number of amides is 3. The summed E-state index contributed by atoms with van der Waals surface area (Å²) in [6, 6.07) is 45.9. The zero-order chi connectivity index (χ0) is 38.1. The molecular weight excluding hydrogens is 695 g/mol. The molecule has 278 valence electrons. The molecule has 0 saturated heterocycles. The number of fused-ring (bicyclic) bond motifs is 3. The van der Waals surface area contributed by atoms with Crippen LogP contribution in [0.1, 0.15) is 54.5 Å². The molecule has 6 rings (SSSR count). The van der Waals surface area contributed by atoms with Crippen LogP contribution in [0.4, 0.5) is 9.59 Å². The second-order valence-electron chi connectivity index (χ2n) is 14.3. The molecule has 1 aliphatic rings. The number of nitrogens with zero attached hydrogens (tertiary/aromatic N) is 1. The van der Waals surface area contributed by atoms with E-state index in [1.807, 2.05) is 78.9 Å². The summed E-state index contributed by atoms with van der Waals surface area (Å²) < 4.78 is 10.7. The van der Waals surface area contributed by atoms with Crippen LogP contribution in [-0.4, -0.2) is 67.1 Å². The highest BCUT2D eigenvalue weighted by Gasteiger charge is 2.39. The smallest absolute Gasteiger partial charge is 0.410 e. The van der Waals surface area contributed by atoms with E-state index in [0.717, 1.165) is 38.9 Å². The molecule has 1 aliphatic carbocycles. The van der Waals surface area contributed by atoms with Crippen molar-refractivity contribution in [2.45, 2.75) is 43.1 Å².